The number of aromatic nitrogens is 3. The van der Waals surface area contributed by atoms with Crippen molar-refractivity contribution in [2.24, 2.45) is 0 Å². The number of pyridine rings is 1. The van der Waals surface area contributed by atoms with Crippen LogP contribution >= 0.6 is 0 Å². The number of carbonyl (C=O) groups is 1. The van der Waals surface area contributed by atoms with Crippen molar-refractivity contribution >= 4 is 38.2 Å². The van der Waals surface area contributed by atoms with Gasteiger partial charge in [-0.1, -0.05) is 6.92 Å². The molecular weight excluding hydrogens is 442 g/mol. The smallest absolute Gasteiger partial charge is 0.259 e. The number of rotatable bonds is 8. The van der Waals surface area contributed by atoms with Gasteiger partial charge in [-0.25, -0.2) is 18.1 Å². The molecule has 2 aromatic heterocycles. The number of nitrogens with zero attached hydrogens (tertiary/aromatic N) is 3. The zero-order chi connectivity index (χ0) is 23.4. The van der Waals surface area contributed by atoms with Crippen LogP contribution in [-0.2, 0) is 21.1 Å². The van der Waals surface area contributed by atoms with Gasteiger partial charge in [0.05, 0.1) is 33.5 Å². The Balaban J connectivity index is 1.62. The van der Waals surface area contributed by atoms with E-state index in [0.29, 0.717) is 48.8 Å². The molecule has 9 nitrogen and oxygen atoms in total. The lowest BCUT2D eigenvalue weighted by atomic mass is 10.1. The topological polar surface area (TPSA) is 115 Å². The quantitative estimate of drug-likeness (QED) is 0.517. The minimum atomic E-state index is -3.31. The Hall–Kier alpha value is -2.98. The Morgan fingerprint density at radius 1 is 1.15 bits per heavy atom. The van der Waals surface area contributed by atoms with Crippen molar-refractivity contribution in [3.05, 3.63) is 42.2 Å². The van der Waals surface area contributed by atoms with E-state index < -0.39 is 9.84 Å². The second-order valence-electron chi connectivity index (χ2n) is 8.07. The molecule has 0 atom stereocenters. The minimum absolute atomic E-state index is 0.0943. The lowest BCUT2D eigenvalue weighted by Crippen LogP contribution is -2.29. The number of fused-ring (bicyclic) bond motifs is 1. The fraction of sp³-hybridized carbons (Fsp3) is 0.435. The van der Waals surface area contributed by atoms with Crippen molar-refractivity contribution in [1.29, 1.82) is 0 Å². The first-order valence-corrected chi connectivity index (χ1v) is 12.9. The van der Waals surface area contributed by atoms with Gasteiger partial charge in [0.25, 0.3) is 5.91 Å². The Morgan fingerprint density at radius 2 is 1.88 bits per heavy atom. The minimum Gasteiger partial charge on any atom is -0.381 e. The van der Waals surface area contributed by atoms with Gasteiger partial charge < -0.3 is 15.4 Å². The standard InChI is InChI=1S/C23H29N5O4S/c1-3-13-33(30,31)18-7-5-16(6-8-18)27-23(29)20-14-24-22-19(15-25-28(22)4-2)21(20)26-17-9-11-32-12-10-17/h5-8,14-15,17H,3-4,9-13H2,1-2H3,(H,24,26)(H,27,29). The van der Waals surface area contributed by atoms with E-state index in [9.17, 15) is 13.2 Å². The van der Waals surface area contributed by atoms with Crippen molar-refractivity contribution in [2.75, 3.05) is 29.6 Å². The summed E-state index contributed by atoms with van der Waals surface area (Å²) in [6, 6.07) is 6.44. The van der Waals surface area contributed by atoms with Crippen molar-refractivity contribution in [3.8, 4) is 0 Å². The monoisotopic (exact) mass is 471 g/mol. The highest BCUT2D eigenvalue weighted by molar-refractivity contribution is 7.91. The van der Waals surface area contributed by atoms with Gasteiger partial charge in [-0.05, 0) is 50.5 Å². The van der Waals surface area contributed by atoms with Crippen molar-refractivity contribution < 1.29 is 17.9 Å². The van der Waals surface area contributed by atoms with Gasteiger partial charge in [-0.3, -0.25) is 4.79 Å². The van der Waals surface area contributed by atoms with E-state index in [0.717, 1.165) is 18.2 Å². The molecule has 1 aromatic carbocycles. The second kappa shape index (κ2) is 9.88. The zero-order valence-corrected chi connectivity index (χ0v) is 19.7. The predicted octanol–water partition coefficient (Wildman–Crippen LogP) is 3.48. The number of aryl methyl sites for hydroxylation is 1. The van der Waals surface area contributed by atoms with Crippen LogP contribution in [0.5, 0.6) is 0 Å². The Labute approximate surface area is 193 Å². The number of carbonyl (C=O) groups excluding carboxylic acids is 1. The number of anilines is 2. The van der Waals surface area contributed by atoms with E-state index in [-0.39, 0.29) is 22.6 Å². The molecule has 176 valence electrons. The number of sulfone groups is 1. The first-order chi connectivity index (χ1) is 15.9. The third-order valence-electron chi connectivity index (χ3n) is 5.72. The summed E-state index contributed by atoms with van der Waals surface area (Å²) in [5, 5.41) is 11.6. The maximum Gasteiger partial charge on any atom is 0.259 e. The molecule has 0 unspecified atom stereocenters. The summed E-state index contributed by atoms with van der Waals surface area (Å²) in [5.74, 6) is -0.232. The Kier molecular flexibility index (Phi) is 6.94. The Bertz CT molecular complexity index is 1230. The molecule has 1 aliphatic rings. The van der Waals surface area contributed by atoms with Crippen LogP contribution < -0.4 is 10.6 Å². The lowest BCUT2D eigenvalue weighted by molar-refractivity contribution is 0.0904. The molecule has 0 aliphatic carbocycles. The Morgan fingerprint density at radius 3 is 2.55 bits per heavy atom. The fourth-order valence-corrected chi connectivity index (χ4v) is 5.29. The molecule has 1 saturated heterocycles. The first-order valence-electron chi connectivity index (χ1n) is 11.3. The fourth-order valence-electron chi connectivity index (χ4n) is 3.96. The van der Waals surface area contributed by atoms with Crippen molar-refractivity contribution in [3.63, 3.8) is 0 Å². The van der Waals surface area contributed by atoms with E-state index >= 15 is 0 Å². The highest BCUT2D eigenvalue weighted by Crippen LogP contribution is 2.29. The molecule has 1 fully saturated rings. The van der Waals surface area contributed by atoms with Crippen molar-refractivity contribution in [1.82, 2.24) is 14.8 Å². The third kappa shape index (κ3) is 5.01. The molecule has 2 N–H and O–H groups in total. The molecule has 4 rings (SSSR count). The first kappa shape index (κ1) is 23.2. The molecule has 0 spiro atoms. The van der Waals surface area contributed by atoms with E-state index in [1.54, 1.807) is 29.2 Å². The molecule has 10 heteroatoms. The van der Waals surface area contributed by atoms with Crippen LogP contribution in [0.15, 0.2) is 41.6 Å². The molecular formula is C23H29N5O4S. The van der Waals surface area contributed by atoms with E-state index in [4.69, 9.17) is 4.74 Å². The molecule has 0 saturated carbocycles. The maximum atomic E-state index is 13.2. The van der Waals surface area contributed by atoms with Gasteiger partial charge in [0, 0.05) is 37.7 Å². The van der Waals surface area contributed by atoms with Gasteiger partial charge in [0.2, 0.25) is 0 Å². The van der Waals surface area contributed by atoms with Gasteiger partial charge in [0.1, 0.15) is 0 Å². The van der Waals surface area contributed by atoms with Crippen LogP contribution in [0, 0.1) is 0 Å². The van der Waals surface area contributed by atoms with Gasteiger partial charge in [0.15, 0.2) is 15.5 Å². The number of nitrogens with one attached hydrogen (secondary N) is 2. The van der Waals surface area contributed by atoms with Crippen LogP contribution in [0.25, 0.3) is 11.0 Å². The molecule has 3 aromatic rings. The third-order valence-corrected chi connectivity index (χ3v) is 7.66. The number of amides is 1. The number of hydrogen-bond acceptors (Lipinski definition) is 7. The van der Waals surface area contributed by atoms with Gasteiger partial charge in [-0.15, -0.1) is 0 Å². The normalized spacial score (nSPS) is 15.0. The average molecular weight is 472 g/mol. The largest absolute Gasteiger partial charge is 0.381 e. The lowest BCUT2D eigenvalue weighted by Gasteiger charge is -2.25. The molecule has 1 amide bonds. The summed E-state index contributed by atoms with van der Waals surface area (Å²) < 4.78 is 31.8. The SMILES string of the molecule is CCCS(=O)(=O)c1ccc(NC(=O)c2cnc3c(cnn3CC)c2NC2CCOCC2)cc1. The van der Waals surface area contributed by atoms with Gasteiger partial charge in [-0.2, -0.15) is 5.10 Å². The number of benzene rings is 1. The maximum absolute atomic E-state index is 13.2. The van der Waals surface area contributed by atoms with Crippen LogP contribution in [0.4, 0.5) is 11.4 Å². The summed E-state index contributed by atoms with van der Waals surface area (Å²) in [7, 11) is -3.31. The van der Waals surface area contributed by atoms with Gasteiger partial charge >= 0.3 is 0 Å². The summed E-state index contributed by atoms with van der Waals surface area (Å²) >= 11 is 0. The average Bonchev–Trinajstić information content (AvgIpc) is 3.24. The second-order valence-corrected chi connectivity index (χ2v) is 10.2. The van der Waals surface area contributed by atoms with Crippen LogP contribution in [0.3, 0.4) is 0 Å². The number of hydrogen-bond donors (Lipinski definition) is 2. The molecule has 3 heterocycles. The van der Waals surface area contributed by atoms with Crippen LogP contribution in [0.1, 0.15) is 43.5 Å². The molecule has 1 aliphatic heterocycles. The van der Waals surface area contributed by atoms with Crippen molar-refractivity contribution in [2.45, 2.75) is 50.6 Å². The van der Waals surface area contributed by atoms with Crippen LogP contribution in [-0.4, -0.2) is 54.1 Å². The molecule has 0 radical (unpaired) electrons. The zero-order valence-electron chi connectivity index (χ0n) is 18.9. The predicted molar refractivity (Wildman–Crippen MR) is 127 cm³/mol. The van der Waals surface area contributed by atoms with Crippen LogP contribution in [0.2, 0.25) is 0 Å². The molecule has 0 bridgehead atoms. The van der Waals surface area contributed by atoms with E-state index in [1.807, 2.05) is 13.8 Å². The highest BCUT2D eigenvalue weighted by Gasteiger charge is 2.22. The summed E-state index contributed by atoms with van der Waals surface area (Å²) in [6.45, 7) is 5.84. The summed E-state index contributed by atoms with van der Waals surface area (Å²) in [5.41, 5.74) is 2.34. The summed E-state index contributed by atoms with van der Waals surface area (Å²) in [6.07, 6.45) is 5.54. The van der Waals surface area contributed by atoms with E-state index in [2.05, 4.69) is 20.7 Å². The highest BCUT2D eigenvalue weighted by atomic mass is 32.2. The van der Waals surface area contributed by atoms with E-state index in [1.165, 1.54) is 12.1 Å². The summed E-state index contributed by atoms with van der Waals surface area (Å²) in [4.78, 5) is 18.0. The molecule has 33 heavy (non-hydrogen) atoms. The number of ether oxygens (including phenoxy) is 1.